The van der Waals surface area contributed by atoms with Crippen LogP contribution in [-0.2, 0) is 17.9 Å². The SMILES string of the molecule is O=C([O-])C[C@H](O)C[C@H](O)CCn1c(-c2ccc(F)cc2)nc(C(=O)NCc2ccc(F)cc2)c1C1CC1.[Na+]. The second-order valence-electron chi connectivity index (χ2n) is 9.32. The number of amides is 1. The van der Waals surface area contributed by atoms with Gasteiger partial charge in [-0.2, -0.15) is 0 Å². The van der Waals surface area contributed by atoms with Gasteiger partial charge in [-0.05, 0) is 67.6 Å². The van der Waals surface area contributed by atoms with Gasteiger partial charge in [0.25, 0.3) is 5.91 Å². The molecule has 2 aromatic carbocycles. The van der Waals surface area contributed by atoms with Crippen LogP contribution in [0.2, 0.25) is 0 Å². The van der Waals surface area contributed by atoms with E-state index in [4.69, 9.17) is 0 Å². The Balaban J connectivity index is 0.00000400. The first-order valence-electron chi connectivity index (χ1n) is 12.2. The van der Waals surface area contributed by atoms with E-state index in [0.29, 0.717) is 17.1 Å². The van der Waals surface area contributed by atoms with E-state index in [2.05, 4.69) is 10.3 Å². The zero-order valence-corrected chi connectivity index (χ0v) is 23.1. The summed E-state index contributed by atoms with van der Waals surface area (Å²) in [6.45, 7) is 0.424. The quantitative estimate of drug-likeness (QED) is 0.263. The first-order valence-corrected chi connectivity index (χ1v) is 12.2. The average molecular weight is 536 g/mol. The van der Waals surface area contributed by atoms with Crippen molar-refractivity contribution in [3.8, 4) is 11.4 Å². The van der Waals surface area contributed by atoms with Gasteiger partial charge >= 0.3 is 29.6 Å². The van der Waals surface area contributed by atoms with Gasteiger partial charge in [-0.25, -0.2) is 13.8 Å². The molecule has 1 fully saturated rings. The van der Waals surface area contributed by atoms with Crippen molar-refractivity contribution in [1.82, 2.24) is 14.9 Å². The van der Waals surface area contributed by atoms with Gasteiger partial charge < -0.3 is 30.0 Å². The second kappa shape index (κ2) is 13.4. The van der Waals surface area contributed by atoms with Crippen molar-refractivity contribution < 1.29 is 63.2 Å². The van der Waals surface area contributed by atoms with E-state index < -0.39 is 36.3 Å². The number of halogens is 2. The Hall–Kier alpha value is -2.63. The number of aliphatic carboxylic acids is 1. The molecule has 196 valence electrons. The molecule has 1 aliphatic rings. The molecule has 0 unspecified atom stereocenters. The van der Waals surface area contributed by atoms with Crippen molar-refractivity contribution in [3.05, 3.63) is 77.1 Å². The minimum Gasteiger partial charge on any atom is -0.550 e. The number of carbonyl (C=O) groups excluding carboxylic acids is 2. The predicted molar refractivity (Wildman–Crippen MR) is 128 cm³/mol. The van der Waals surface area contributed by atoms with Gasteiger partial charge in [0.05, 0.1) is 17.9 Å². The number of aliphatic hydroxyl groups is 2. The van der Waals surface area contributed by atoms with Gasteiger partial charge in [-0.15, -0.1) is 0 Å². The zero-order valence-electron chi connectivity index (χ0n) is 21.1. The smallest absolute Gasteiger partial charge is 0.550 e. The van der Waals surface area contributed by atoms with Gasteiger partial charge in [0.2, 0.25) is 0 Å². The van der Waals surface area contributed by atoms with E-state index >= 15 is 0 Å². The van der Waals surface area contributed by atoms with Crippen LogP contribution in [0.15, 0.2) is 48.5 Å². The molecule has 0 radical (unpaired) electrons. The largest absolute Gasteiger partial charge is 1.00 e. The van der Waals surface area contributed by atoms with Crippen LogP contribution < -0.4 is 40.0 Å². The molecule has 0 saturated heterocycles. The van der Waals surface area contributed by atoms with Crippen LogP contribution >= 0.6 is 0 Å². The first-order chi connectivity index (χ1) is 17.7. The number of carboxylic acid groups (broad SMARTS) is 1. The monoisotopic (exact) mass is 535 g/mol. The van der Waals surface area contributed by atoms with Crippen molar-refractivity contribution in [3.63, 3.8) is 0 Å². The number of aliphatic hydroxyl groups excluding tert-OH is 2. The minimum absolute atomic E-state index is 0. The molecule has 8 nitrogen and oxygen atoms in total. The van der Waals surface area contributed by atoms with E-state index in [1.807, 2.05) is 4.57 Å². The summed E-state index contributed by atoms with van der Waals surface area (Å²) in [6.07, 6.45) is -1.06. The summed E-state index contributed by atoms with van der Waals surface area (Å²) in [7, 11) is 0. The molecule has 1 aliphatic carbocycles. The second-order valence-corrected chi connectivity index (χ2v) is 9.32. The zero-order chi connectivity index (χ0) is 26.5. The van der Waals surface area contributed by atoms with Crippen LogP contribution in [-0.4, -0.2) is 43.8 Å². The third-order valence-corrected chi connectivity index (χ3v) is 6.29. The van der Waals surface area contributed by atoms with E-state index in [-0.39, 0.29) is 72.9 Å². The Bertz CT molecular complexity index is 1250. The molecule has 0 bridgehead atoms. The van der Waals surface area contributed by atoms with Crippen LogP contribution in [0, 0.1) is 11.6 Å². The molecular formula is C27H28F2N3NaO5. The maximum atomic E-state index is 13.6. The van der Waals surface area contributed by atoms with Gasteiger partial charge in [0.1, 0.15) is 23.2 Å². The van der Waals surface area contributed by atoms with E-state index in [9.17, 15) is 33.7 Å². The predicted octanol–water partition coefficient (Wildman–Crippen LogP) is -0.718. The van der Waals surface area contributed by atoms with Crippen LogP contribution in [0.25, 0.3) is 11.4 Å². The minimum atomic E-state index is -1.40. The van der Waals surface area contributed by atoms with E-state index in [1.165, 1.54) is 24.3 Å². The normalized spacial score (nSPS) is 14.4. The topological polar surface area (TPSA) is 128 Å². The third-order valence-electron chi connectivity index (χ3n) is 6.29. The molecule has 0 spiro atoms. The fourth-order valence-electron chi connectivity index (χ4n) is 4.30. The molecule has 2 atom stereocenters. The summed E-state index contributed by atoms with van der Waals surface area (Å²) in [5.41, 5.74) is 2.25. The summed E-state index contributed by atoms with van der Waals surface area (Å²) in [5, 5.41) is 33.8. The summed E-state index contributed by atoms with van der Waals surface area (Å²) in [6, 6.07) is 11.5. The molecule has 3 aromatic rings. The summed E-state index contributed by atoms with van der Waals surface area (Å²) in [5.74, 6) is -2.06. The van der Waals surface area contributed by atoms with Crippen molar-refractivity contribution in [2.24, 2.45) is 0 Å². The van der Waals surface area contributed by atoms with E-state index in [1.54, 1.807) is 24.3 Å². The summed E-state index contributed by atoms with van der Waals surface area (Å²) >= 11 is 0. The van der Waals surface area contributed by atoms with Crippen LogP contribution in [0.5, 0.6) is 0 Å². The Kier molecular flexibility index (Phi) is 10.6. The number of benzene rings is 2. The Morgan fingerprint density at radius 1 is 1.03 bits per heavy atom. The molecule has 3 N–H and O–H groups in total. The number of nitrogens with one attached hydrogen (secondary N) is 1. The maximum absolute atomic E-state index is 13.6. The maximum Gasteiger partial charge on any atom is 1.00 e. The molecule has 38 heavy (non-hydrogen) atoms. The molecule has 4 rings (SSSR count). The average Bonchev–Trinajstić information content (AvgIpc) is 3.62. The van der Waals surface area contributed by atoms with Crippen molar-refractivity contribution in [1.29, 1.82) is 0 Å². The van der Waals surface area contributed by atoms with Gasteiger partial charge in [-0.1, -0.05) is 12.1 Å². The number of hydrogen-bond donors (Lipinski definition) is 3. The molecule has 1 saturated carbocycles. The summed E-state index contributed by atoms with van der Waals surface area (Å²) < 4.78 is 28.6. The number of rotatable bonds is 12. The number of carbonyl (C=O) groups is 2. The Morgan fingerprint density at radius 2 is 1.63 bits per heavy atom. The van der Waals surface area contributed by atoms with Crippen molar-refractivity contribution in [2.75, 3.05) is 0 Å². The molecule has 1 heterocycles. The summed E-state index contributed by atoms with van der Waals surface area (Å²) in [4.78, 5) is 28.5. The fraction of sp³-hybridized carbons (Fsp3) is 0.370. The van der Waals surface area contributed by atoms with Gasteiger partial charge in [-0.3, -0.25) is 4.79 Å². The van der Waals surface area contributed by atoms with Gasteiger partial charge in [0, 0.05) is 37.0 Å². The van der Waals surface area contributed by atoms with Crippen molar-refractivity contribution >= 4 is 11.9 Å². The third kappa shape index (κ3) is 7.94. The number of hydrogen-bond acceptors (Lipinski definition) is 6. The molecular weight excluding hydrogens is 507 g/mol. The standard InChI is InChI=1S/C27H29F2N3O5.Na/c28-19-7-1-16(2-8-19)15-30-27(37)24-25(17-3-4-17)32(12-11-21(33)13-22(34)14-23(35)36)26(31-24)18-5-9-20(29)10-6-18;/h1-2,5-10,17,21-22,33-34H,3-4,11-15H2,(H,30,37)(H,35,36);/q;+1/p-1/t21-,22-;/m1./s1. The molecule has 1 amide bonds. The first kappa shape index (κ1) is 29.9. The molecule has 1 aromatic heterocycles. The van der Waals surface area contributed by atoms with Gasteiger partial charge in [0.15, 0.2) is 0 Å². The number of carboxylic acids is 1. The van der Waals surface area contributed by atoms with Crippen molar-refractivity contribution in [2.45, 2.75) is 63.3 Å². The Morgan fingerprint density at radius 3 is 2.21 bits per heavy atom. The van der Waals surface area contributed by atoms with Crippen LogP contribution in [0.4, 0.5) is 8.78 Å². The fourth-order valence-corrected chi connectivity index (χ4v) is 4.30. The number of imidazole rings is 1. The molecule has 11 heteroatoms. The van der Waals surface area contributed by atoms with E-state index in [0.717, 1.165) is 18.4 Å². The number of nitrogens with zero attached hydrogens (tertiary/aromatic N) is 2. The number of aromatic nitrogens is 2. The molecule has 0 aliphatic heterocycles. The van der Waals surface area contributed by atoms with Crippen LogP contribution in [0.3, 0.4) is 0 Å². The Labute approximate surface area is 241 Å². The van der Waals surface area contributed by atoms with Crippen LogP contribution in [0.1, 0.15) is 59.8 Å².